The van der Waals surface area contributed by atoms with Crippen LogP contribution in [-0.2, 0) is 20.7 Å². The van der Waals surface area contributed by atoms with Crippen LogP contribution in [-0.4, -0.2) is 37.7 Å². The minimum absolute atomic E-state index is 0.0744. The zero-order valence-electron chi connectivity index (χ0n) is 15.7. The van der Waals surface area contributed by atoms with Crippen LogP contribution >= 0.6 is 0 Å². The third-order valence-corrected chi connectivity index (χ3v) is 4.50. The summed E-state index contributed by atoms with van der Waals surface area (Å²) >= 11 is 0. The Balaban J connectivity index is 1.79. The number of aryl methyl sites for hydroxylation is 1. The molecule has 1 aliphatic heterocycles. The highest BCUT2D eigenvalue weighted by atomic mass is 16.6. The molecule has 1 aliphatic rings. The van der Waals surface area contributed by atoms with Gasteiger partial charge in [-0.1, -0.05) is 31.2 Å². The van der Waals surface area contributed by atoms with E-state index in [1.54, 1.807) is 25.1 Å². The number of hydrogen-bond acceptors (Lipinski definition) is 5. The Morgan fingerprint density at radius 2 is 1.89 bits per heavy atom. The van der Waals surface area contributed by atoms with Crippen LogP contribution in [0.25, 0.3) is 0 Å². The molecule has 27 heavy (non-hydrogen) atoms. The molecule has 2 aromatic rings. The second kappa shape index (κ2) is 8.12. The van der Waals surface area contributed by atoms with E-state index < -0.39 is 18.2 Å². The van der Waals surface area contributed by atoms with Gasteiger partial charge in [-0.15, -0.1) is 0 Å². The third-order valence-electron chi connectivity index (χ3n) is 4.50. The smallest absolute Gasteiger partial charge is 0.348 e. The number of para-hydroxylation sites is 2. The largest absolute Gasteiger partial charge is 0.481 e. The molecular weight excluding hydrogens is 346 g/mol. The summed E-state index contributed by atoms with van der Waals surface area (Å²) in [5, 5.41) is 0. The second-order valence-corrected chi connectivity index (χ2v) is 6.30. The van der Waals surface area contributed by atoms with Gasteiger partial charge >= 0.3 is 5.97 Å². The van der Waals surface area contributed by atoms with E-state index in [0.717, 1.165) is 6.42 Å². The van der Waals surface area contributed by atoms with E-state index in [2.05, 4.69) is 6.92 Å². The van der Waals surface area contributed by atoms with Crippen molar-refractivity contribution < 1.29 is 23.8 Å². The molecule has 2 atom stereocenters. The molecule has 0 spiro atoms. The van der Waals surface area contributed by atoms with Crippen molar-refractivity contribution in [2.45, 2.75) is 32.5 Å². The van der Waals surface area contributed by atoms with E-state index in [-0.39, 0.29) is 12.5 Å². The summed E-state index contributed by atoms with van der Waals surface area (Å²) in [7, 11) is 1.30. The lowest BCUT2D eigenvalue weighted by Crippen LogP contribution is -2.50. The first-order valence-electron chi connectivity index (χ1n) is 8.94. The molecule has 6 nitrogen and oxygen atoms in total. The molecule has 0 aromatic heterocycles. The summed E-state index contributed by atoms with van der Waals surface area (Å²) in [6, 6.07) is 14.8. The SMILES string of the molecule is CCc1ccc(OC(C)C(=O)N2CC(C(=O)OC)Oc3ccccc32)cc1. The first kappa shape index (κ1) is 18.8. The Labute approximate surface area is 158 Å². The first-order valence-corrected chi connectivity index (χ1v) is 8.94. The van der Waals surface area contributed by atoms with Gasteiger partial charge in [0.15, 0.2) is 6.10 Å². The van der Waals surface area contributed by atoms with E-state index in [1.165, 1.54) is 17.6 Å². The molecular formula is C21H23NO5. The van der Waals surface area contributed by atoms with Crippen molar-refractivity contribution in [2.24, 2.45) is 0 Å². The van der Waals surface area contributed by atoms with Crippen molar-refractivity contribution in [1.82, 2.24) is 0 Å². The summed E-state index contributed by atoms with van der Waals surface area (Å²) in [6.07, 6.45) is -0.652. The van der Waals surface area contributed by atoms with Crippen LogP contribution in [0, 0.1) is 0 Å². The molecule has 0 radical (unpaired) electrons. The Morgan fingerprint density at radius 1 is 1.19 bits per heavy atom. The molecule has 0 N–H and O–H groups in total. The van der Waals surface area contributed by atoms with Crippen LogP contribution in [0.2, 0.25) is 0 Å². The minimum Gasteiger partial charge on any atom is -0.481 e. The Kier molecular flexibility index (Phi) is 5.64. The highest BCUT2D eigenvalue weighted by Gasteiger charge is 2.36. The Morgan fingerprint density at radius 3 is 2.56 bits per heavy atom. The van der Waals surface area contributed by atoms with Gasteiger partial charge in [0, 0.05) is 0 Å². The van der Waals surface area contributed by atoms with Crippen LogP contribution in [0.4, 0.5) is 5.69 Å². The van der Waals surface area contributed by atoms with Crippen LogP contribution < -0.4 is 14.4 Å². The predicted octanol–water partition coefficient (Wildman–Crippen LogP) is 2.98. The van der Waals surface area contributed by atoms with Crippen LogP contribution in [0.15, 0.2) is 48.5 Å². The maximum absolute atomic E-state index is 13.0. The lowest BCUT2D eigenvalue weighted by atomic mass is 10.1. The van der Waals surface area contributed by atoms with Gasteiger partial charge in [0.2, 0.25) is 6.10 Å². The fourth-order valence-corrected chi connectivity index (χ4v) is 2.98. The number of amides is 1. The number of carbonyl (C=O) groups excluding carboxylic acids is 2. The number of ether oxygens (including phenoxy) is 3. The van der Waals surface area contributed by atoms with Gasteiger partial charge in [-0.05, 0) is 43.2 Å². The molecule has 1 amide bonds. The summed E-state index contributed by atoms with van der Waals surface area (Å²) in [5.41, 5.74) is 1.81. The first-order chi connectivity index (χ1) is 13.0. The van der Waals surface area contributed by atoms with E-state index in [0.29, 0.717) is 17.2 Å². The van der Waals surface area contributed by atoms with Gasteiger partial charge in [-0.2, -0.15) is 0 Å². The molecule has 0 saturated carbocycles. The van der Waals surface area contributed by atoms with E-state index in [1.807, 2.05) is 30.3 Å². The van der Waals surface area contributed by atoms with Crippen molar-refractivity contribution in [3.05, 3.63) is 54.1 Å². The normalized spacial score (nSPS) is 16.7. The summed E-state index contributed by atoms with van der Waals surface area (Å²) < 4.78 is 16.3. The van der Waals surface area contributed by atoms with Gasteiger partial charge in [-0.25, -0.2) is 4.79 Å². The van der Waals surface area contributed by atoms with Crippen molar-refractivity contribution in [3.63, 3.8) is 0 Å². The molecule has 0 bridgehead atoms. The van der Waals surface area contributed by atoms with Crippen LogP contribution in [0.1, 0.15) is 19.4 Å². The molecule has 0 saturated heterocycles. The lowest BCUT2D eigenvalue weighted by molar-refractivity contribution is -0.148. The molecule has 1 heterocycles. The fourth-order valence-electron chi connectivity index (χ4n) is 2.98. The molecule has 6 heteroatoms. The highest BCUT2D eigenvalue weighted by molar-refractivity contribution is 5.99. The molecule has 0 aliphatic carbocycles. The van der Waals surface area contributed by atoms with Crippen LogP contribution in [0.3, 0.4) is 0 Å². The lowest BCUT2D eigenvalue weighted by Gasteiger charge is -2.34. The summed E-state index contributed by atoms with van der Waals surface area (Å²) in [5.74, 6) is 0.316. The summed E-state index contributed by atoms with van der Waals surface area (Å²) in [4.78, 5) is 26.5. The van der Waals surface area contributed by atoms with Crippen molar-refractivity contribution in [1.29, 1.82) is 0 Å². The predicted molar refractivity (Wildman–Crippen MR) is 101 cm³/mol. The fraction of sp³-hybridized carbons (Fsp3) is 0.333. The Hall–Kier alpha value is -3.02. The average Bonchev–Trinajstić information content (AvgIpc) is 2.72. The number of methoxy groups -OCH3 is 1. The number of fused-ring (bicyclic) bond motifs is 1. The number of carbonyl (C=O) groups is 2. The van der Waals surface area contributed by atoms with E-state index >= 15 is 0 Å². The third kappa shape index (κ3) is 4.05. The van der Waals surface area contributed by atoms with Gasteiger partial charge in [-0.3, -0.25) is 4.79 Å². The van der Waals surface area contributed by atoms with Gasteiger partial charge in [0.1, 0.15) is 11.5 Å². The van der Waals surface area contributed by atoms with Crippen molar-refractivity contribution >= 4 is 17.6 Å². The maximum atomic E-state index is 13.0. The number of esters is 1. The molecule has 0 fully saturated rings. The van der Waals surface area contributed by atoms with Crippen molar-refractivity contribution in [3.8, 4) is 11.5 Å². The van der Waals surface area contributed by atoms with Gasteiger partial charge in [0.25, 0.3) is 5.91 Å². The zero-order valence-corrected chi connectivity index (χ0v) is 15.7. The van der Waals surface area contributed by atoms with E-state index in [9.17, 15) is 9.59 Å². The Bertz CT molecular complexity index is 818. The minimum atomic E-state index is -0.870. The molecule has 2 aromatic carbocycles. The number of anilines is 1. The number of hydrogen-bond donors (Lipinski definition) is 0. The summed E-state index contributed by atoms with van der Waals surface area (Å²) in [6.45, 7) is 3.85. The van der Waals surface area contributed by atoms with E-state index in [4.69, 9.17) is 14.2 Å². The zero-order chi connectivity index (χ0) is 19.4. The standard InChI is InChI=1S/C21H23NO5/c1-4-15-9-11-16(12-10-15)26-14(2)20(23)22-13-19(21(24)25-3)27-18-8-6-5-7-17(18)22/h5-12,14,19H,4,13H2,1-3H3. The number of benzene rings is 2. The number of nitrogens with zero attached hydrogens (tertiary/aromatic N) is 1. The van der Waals surface area contributed by atoms with Crippen molar-refractivity contribution in [2.75, 3.05) is 18.6 Å². The van der Waals surface area contributed by atoms with Crippen LogP contribution in [0.5, 0.6) is 11.5 Å². The molecule has 142 valence electrons. The average molecular weight is 369 g/mol. The maximum Gasteiger partial charge on any atom is 0.348 e. The van der Waals surface area contributed by atoms with Gasteiger partial charge < -0.3 is 19.1 Å². The molecule has 2 unspecified atom stereocenters. The highest BCUT2D eigenvalue weighted by Crippen LogP contribution is 2.34. The molecule has 3 rings (SSSR count). The second-order valence-electron chi connectivity index (χ2n) is 6.30. The topological polar surface area (TPSA) is 65.1 Å². The number of rotatable bonds is 5. The quantitative estimate of drug-likeness (QED) is 0.758. The van der Waals surface area contributed by atoms with Gasteiger partial charge in [0.05, 0.1) is 19.3 Å². The monoisotopic (exact) mass is 369 g/mol.